The Morgan fingerprint density at radius 2 is 1.87 bits per heavy atom. The molecule has 2 N–H and O–H groups in total. The summed E-state index contributed by atoms with van der Waals surface area (Å²) in [5.41, 5.74) is 4.55. The predicted octanol–water partition coefficient (Wildman–Crippen LogP) is 2.95. The van der Waals surface area contributed by atoms with Crippen LogP contribution in [0.5, 0.6) is 0 Å². The van der Waals surface area contributed by atoms with Crippen LogP contribution in [0.15, 0.2) is 42.9 Å². The fraction of sp³-hybridized carbons (Fsp3) is 0.364. The summed E-state index contributed by atoms with van der Waals surface area (Å²) < 4.78 is 2.11. The van der Waals surface area contributed by atoms with Crippen molar-refractivity contribution in [1.29, 1.82) is 0 Å². The SMILES string of the molecule is CC(C)c1cnc2ccc3cnc(Nc4ccc(N5CC6(CNC6)C5)cn4)nc3n12. The van der Waals surface area contributed by atoms with Gasteiger partial charge in [0.05, 0.1) is 11.9 Å². The van der Waals surface area contributed by atoms with Crippen LogP contribution in [0, 0.1) is 5.41 Å². The van der Waals surface area contributed by atoms with Crippen molar-refractivity contribution in [2.24, 2.45) is 5.41 Å². The van der Waals surface area contributed by atoms with E-state index in [-0.39, 0.29) is 0 Å². The highest BCUT2D eigenvalue weighted by atomic mass is 15.3. The topological polar surface area (TPSA) is 83.3 Å². The molecule has 6 heterocycles. The molecule has 0 aliphatic carbocycles. The lowest BCUT2D eigenvalue weighted by Crippen LogP contribution is -2.71. The van der Waals surface area contributed by atoms with Crippen LogP contribution in [-0.4, -0.2) is 50.5 Å². The van der Waals surface area contributed by atoms with Gasteiger partial charge in [-0.05, 0) is 30.2 Å². The van der Waals surface area contributed by atoms with E-state index in [2.05, 4.69) is 54.8 Å². The number of rotatable bonds is 4. The number of aromatic nitrogens is 5. The number of imidazole rings is 1. The van der Waals surface area contributed by atoms with Crippen molar-refractivity contribution in [3.63, 3.8) is 0 Å². The van der Waals surface area contributed by atoms with Crippen LogP contribution in [-0.2, 0) is 0 Å². The van der Waals surface area contributed by atoms with Gasteiger partial charge in [-0.25, -0.2) is 15.0 Å². The lowest BCUT2D eigenvalue weighted by Gasteiger charge is -2.57. The molecule has 0 amide bonds. The summed E-state index contributed by atoms with van der Waals surface area (Å²) in [7, 11) is 0. The largest absolute Gasteiger partial charge is 0.369 e. The number of fused-ring (bicyclic) bond motifs is 3. The minimum Gasteiger partial charge on any atom is -0.369 e. The second kappa shape index (κ2) is 6.37. The van der Waals surface area contributed by atoms with Crippen LogP contribution in [0.3, 0.4) is 0 Å². The molecule has 8 heteroatoms. The summed E-state index contributed by atoms with van der Waals surface area (Å²) in [6.45, 7) is 8.82. The van der Waals surface area contributed by atoms with E-state index in [0.717, 1.165) is 54.4 Å². The van der Waals surface area contributed by atoms with Gasteiger partial charge in [-0.1, -0.05) is 13.8 Å². The maximum Gasteiger partial charge on any atom is 0.230 e. The summed E-state index contributed by atoms with van der Waals surface area (Å²) >= 11 is 0. The zero-order valence-corrected chi connectivity index (χ0v) is 17.1. The van der Waals surface area contributed by atoms with Crippen molar-refractivity contribution < 1.29 is 0 Å². The van der Waals surface area contributed by atoms with Crippen LogP contribution in [0.4, 0.5) is 17.5 Å². The summed E-state index contributed by atoms with van der Waals surface area (Å²) in [6, 6.07) is 8.12. The monoisotopic (exact) mass is 400 g/mol. The molecular weight excluding hydrogens is 376 g/mol. The minimum atomic E-state index is 0.350. The normalized spacial score (nSPS) is 17.5. The molecule has 1 spiro atoms. The first-order valence-corrected chi connectivity index (χ1v) is 10.4. The van der Waals surface area contributed by atoms with E-state index in [1.807, 2.05) is 36.8 Å². The van der Waals surface area contributed by atoms with E-state index in [0.29, 0.717) is 17.3 Å². The average Bonchev–Trinajstić information content (AvgIpc) is 3.12. The first-order valence-electron chi connectivity index (χ1n) is 10.4. The molecule has 0 aromatic carbocycles. The number of hydrogen-bond acceptors (Lipinski definition) is 7. The third-order valence-electron chi connectivity index (χ3n) is 6.23. The van der Waals surface area contributed by atoms with Gasteiger partial charge in [-0.2, -0.15) is 4.98 Å². The van der Waals surface area contributed by atoms with Crippen LogP contribution in [0.25, 0.3) is 16.7 Å². The standard InChI is InChI=1S/C22H24N8/c1-14(2)17-9-25-19-6-3-15-7-26-21(28-20(15)30(17)19)27-18-5-4-16(8-24-18)29-12-22(13-29)10-23-11-22/h3-9,14,23H,10-13H2,1-2H3,(H,24,26,27,28). The van der Waals surface area contributed by atoms with Crippen LogP contribution < -0.4 is 15.5 Å². The lowest BCUT2D eigenvalue weighted by atomic mass is 9.74. The second-order valence-corrected chi connectivity index (χ2v) is 8.82. The summed E-state index contributed by atoms with van der Waals surface area (Å²) in [5.74, 6) is 1.62. The van der Waals surface area contributed by atoms with E-state index < -0.39 is 0 Å². The second-order valence-electron chi connectivity index (χ2n) is 8.82. The molecule has 0 unspecified atom stereocenters. The lowest BCUT2D eigenvalue weighted by molar-refractivity contribution is 0.121. The van der Waals surface area contributed by atoms with Gasteiger partial charge in [-0.3, -0.25) is 4.40 Å². The van der Waals surface area contributed by atoms with Crippen molar-refractivity contribution in [2.45, 2.75) is 19.8 Å². The zero-order chi connectivity index (χ0) is 20.3. The molecule has 0 bridgehead atoms. The summed E-state index contributed by atoms with van der Waals surface area (Å²) in [6.07, 6.45) is 5.69. The fourth-order valence-electron chi connectivity index (χ4n) is 4.45. The quantitative estimate of drug-likeness (QED) is 0.545. The van der Waals surface area contributed by atoms with E-state index in [1.165, 1.54) is 5.69 Å². The van der Waals surface area contributed by atoms with Crippen LogP contribution in [0.2, 0.25) is 0 Å². The molecule has 30 heavy (non-hydrogen) atoms. The molecule has 0 atom stereocenters. The molecule has 2 aliphatic rings. The van der Waals surface area contributed by atoms with Gasteiger partial charge >= 0.3 is 0 Å². The Morgan fingerprint density at radius 3 is 2.57 bits per heavy atom. The fourth-order valence-corrected chi connectivity index (χ4v) is 4.45. The van der Waals surface area contributed by atoms with E-state index in [4.69, 9.17) is 4.98 Å². The first kappa shape index (κ1) is 17.6. The molecule has 152 valence electrons. The molecule has 8 nitrogen and oxygen atoms in total. The van der Waals surface area contributed by atoms with Gasteiger partial charge in [0.1, 0.15) is 11.5 Å². The smallest absolute Gasteiger partial charge is 0.230 e. The Kier molecular flexibility index (Phi) is 3.73. The number of anilines is 3. The van der Waals surface area contributed by atoms with Gasteiger partial charge in [0.15, 0.2) is 5.65 Å². The molecular formula is C22H24N8. The van der Waals surface area contributed by atoms with E-state index in [9.17, 15) is 0 Å². The van der Waals surface area contributed by atoms with Gasteiger partial charge in [0, 0.05) is 55.1 Å². The average molecular weight is 400 g/mol. The minimum absolute atomic E-state index is 0.350. The van der Waals surface area contributed by atoms with Crippen molar-refractivity contribution in [3.8, 4) is 0 Å². The number of pyridine rings is 2. The van der Waals surface area contributed by atoms with Crippen molar-refractivity contribution in [2.75, 3.05) is 36.4 Å². The van der Waals surface area contributed by atoms with Crippen molar-refractivity contribution in [3.05, 3.63) is 48.5 Å². The van der Waals surface area contributed by atoms with Crippen molar-refractivity contribution >= 4 is 34.1 Å². The number of hydrogen-bond donors (Lipinski definition) is 2. The predicted molar refractivity (Wildman–Crippen MR) is 117 cm³/mol. The molecule has 6 rings (SSSR count). The van der Waals surface area contributed by atoms with Crippen LogP contribution >= 0.6 is 0 Å². The Morgan fingerprint density at radius 1 is 1.00 bits per heavy atom. The highest BCUT2D eigenvalue weighted by Gasteiger charge is 2.47. The maximum absolute atomic E-state index is 4.78. The third-order valence-corrected chi connectivity index (χ3v) is 6.23. The molecule has 2 aliphatic heterocycles. The van der Waals surface area contributed by atoms with Gasteiger partial charge in [0.2, 0.25) is 5.95 Å². The zero-order valence-electron chi connectivity index (χ0n) is 17.1. The molecule has 4 aromatic heterocycles. The van der Waals surface area contributed by atoms with Gasteiger partial charge in [0.25, 0.3) is 0 Å². The summed E-state index contributed by atoms with van der Waals surface area (Å²) in [5, 5.41) is 7.60. The van der Waals surface area contributed by atoms with E-state index >= 15 is 0 Å². The van der Waals surface area contributed by atoms with E-state index in [1.54, 1.807) is 0 Å². The molecule has 4 aromatic rings. The van der Waals surface area contributed by atoms with Gasteiger partial charge < -0.3 is 15.5 Å². The number of nitrogens with one attached hydrogen (secondary N) is 2. The van der Waals surface area contributed by atoms with Gasteiger partial charge in [-0.15, -0.1) is 0 Å². The highest BCUT2D eigenvalue weighted by molar-refractivity contribution is 5.79. The highest BCUT2D eigenvalue weighted by Crippen LogP contribution is 2.37. The maximum atomic E-state index is 4.78. The Hall–Kier alpha value is -3.26. The molecule has 0 radical (unpaired) electrons. The Bertz CT molecular complexity index is 1230. The molecule has 0 saturated carbocycles. The third kappa shape index (κ3) is 2.71. The Labute approximate surface area is 174 Å². The Balaban J connectivity index is 1.27. The molecule has 2 fully saturated rings. The number of nitrogens with zero attached hydrogens (tertiary/aromatic N) is 6. The summed E-state index contributed by atoms with van der Waals surface area (Å²) in [4.78, 5) is 20.7. The van der Waals surface area contributed by atoms with Crippen molar-refractivity contribution in [1.82, 2.24) is 29.7 Å². The van der Waals surface area contributed by atoms with Crippen LogP contribution in [0.1, 0.15) is 25.5 Å². The molecule has 2 saturated heterocycles. The first-order chi connectivity index (χ1) is 14.6.